The molecule has 0 bridgehead atoms. The topological polar surface area (TPSA) is 73.8 Å². The summed E-state index contributed by atoms with van der Waals surface area (Å²) in [5, 5.41) is 1.01. The third-order valence-corrected chi connectivity index (χ3v) is 4.60. The third kappa shape index (κ3) is 4.68. The Hall–Kier alpha value is -2.25. The van der Waals surface area contributed by atoms with Crippen LogP contribution in [0.3, 0.4) is 0 Å². The largest absolute Gasteiger partial charge is 0.467 e. The molecule has 1 saturated heterocycles. The molecule has 1 aliphatic rings. The number of ether oxygens (including phenoxy) is 3. The summed E-state index contributed by atoms with van der Waals surface area (Å²) >= 11 is 0. The van der Waals surface area contributed by atoms with Crippen molar-refractivity contribution in [2.45, 2.75) is 25.4 Å². The first-order valence-corrected chi connectivity index (χ1v) is 8.96. The summed E-state index contributed by atoms with van der Waals surface area (Å²) in [6.45, 7) is 3.91. The van der Waals surface area contributed by atoms with E-state index in [1.807, 2.05) is 24.5 Å². The molecule has 0 aromatic carbocycles. The number of hydrogen-bond donors (Lipinski definition) is 0. The molecule has 0 spiro atoms. The predicted molar refractivity (Wildman–Crippen MR) is 98.3 cm³/mol. The van der Waals surface area contributed by atoms with Crippen molar-refractivity contribution < 1.29 is 19.0 Å². The molecule has 1 aliphatic heterocycles. The first-order chi connectivity index (χ1) is 12.8. The quantitative estimate of drug-likeness (QED) is 0.501. The predicted octanol–water partition coefficient (Wildman–Crippen LogP) is 1.98. The van der Waals surface area contributed by atoms with Crippen molar-refractivity contribution in [1.82, 2.24) is 9.97 Å². The Bertz CT molecular complexity index is 717. The molecule has 2 aromatic rings. The van der Waals surface area contributed by atoms with Gasteiger partial charge in [-0.15, -0.1) is 0 Å². The fourth-order valence-electron chi connectivity index (χ4n) is 3.21. The van der Waals surface area contributed by atoms with Crippen LogP contribution in [0.15, 0.2) is 24.5 Å². The molecule has 3 heterocycles. The summed E-state index contributed by atoms with van der Waals surface area (Å²) in [4.78, 5) is 21.8. The molecule has 0 N–H and O–H groups in total. The van der Waals surface area contributed by atoms with Crippen molar-refractivity contribution >= 4 is 23.1 Å². The Morgan fingerprint density at radius 3 is 2.81 bits per heavy atom. The van der Waals surface area contributed by atoms with Crippen LogP contribution < -0.4 is 4.90 Å². The van der Waals surface area contributed by atoms with E-state index in [1.165, 1.54) is 0 Å². The minimum Gasteiger partial charge on any atom is -0.467 e. The summed E-state index contributed by atoms with van der Waals surface area (Å²) in [7, 11) is 1.69. The lowest BCUT2D eigenvalue weighted by molar-refractivity contribution is -0.128. The molecule has 26 heavy (non-hydrogen) atoms. The minimum absolute atomic E-state index is 0.286. The Morgan fingerprint density at radius 1 is 1.19 bits per heavy atom. The second-order valence-electron chi connectivity index (χ2n) is 6.30. The summed E-state index contributed by atoms with van der Waals surface area (Å²) in [6.07, 6.45) is 6.56. The second kappa shape index (κ2) is 9.45. The lowest BCUT2D eigenvalue weighted by Gasteiger charge is -2.33. The average Bonchev–Trinajstić information content (AvgIpc) is 2.68. The van der Waals surface area contributed by atoms with E-state index in [2.05, 4.69) is 9.88 Å². The van der Waals surface area contributed by atoms with Gasteiger partial charge in [0.15, 0.2) is 0 Å². The Balaban J connectivity index is 1.69. The number of nitrogens with zero attached hydrogens (tertiary/aromatic N) is 3. The van der Waals surface area contributed by atoms with Crippen LogP contribution in [0, 0.1) is 0 Å². The smallest absolute Gasteiger partial charge is 0.293 e. The van der Waals surface area contributed by atoms with Crippen LogP contribution in [-0.2, 0) is 25.4 Å². The average molecular weight is 359 g/mol. The van der Waals surface area contributed by atoms with Crippen molar-refractivity contribution in [3.05, 3.63) is 30.2 Å². The van der Waals surface area contributed by atoms with E-state index in [9.17, 15) is 4.79 Å². The van der Waals surface area contributed by atoms with Gasteiger partial charge in [-0.1, -0.05) is 0 Å². The van der Waals surface area contributed by atoms with Gasteiger partial charge in [0, 0.05) is 43.9 Å². The van der Waals surface area contributed by atoms with Crippen LogP contribution in [0.1, 0.15) is 18.5 Å². The Labute approximate surface area is 153 Å². The van der Waals surface area contributed by atoms with Gasteiger partial charge in [-0.05, 0) is 25.0 Å². The van der Waals surface area contributed by atoms with E-state index in [1.54, 1.807) is 7.11 Å². The molecule has 0 amide bonds. The van der Waals surface area contributed by atoms with E-state index in [0.717, 1.165) is 48.2 Å². The number of rotatable bonds is 9. The van der Waals surface area contributed by atoms with Crippen LogP contribution in [0.25, 0.3) is 10.9 Å². The van der Waals surface area contributed by atoms with Gasteiger partial charge in [-0.3, -0.25) is 14.8 Å². The number of piperidine rings is 1. The van der Waals surface area contributed by atoms with E-state index in [0.29, 0.717) is 32.7 Å². The normalized spacial score (nSPS) is 15.3. The van der Waals surface area contributed by atoms with Gasteiger partial charge in [0.05, 0.1) is 43.3 Å². The van der Waals surface area contributed by atoms with Crippen molar-refractivity contribution in [1.29, 1.82) is 0 Å². The number of pyridine rings is 2. The van der Waals surface area contributed by atoms with Gasteiger partial charge < -0.3 is 19.1 Å². The van der Waals surface area contributed by atoms with Gasteiger partial charge in [-0.25, -0.2) is 0 Å². The number of methoxy groups -OCH3 is 1. The highest BCUT2D eigenvalue weighted by Crippen LogP contribution is 2.27. The fourth-order valence-corrected chi connectivity index (χ4v) is 3.21. The summed E-state index contributed by atoms with van der Waals surface area (Å²) < 4.78 is 15.7. The zero-order valence-electron chi connectivity index (χ0n) is 15.1. The Kier molecular flexibility index (Phi) is 6.74. The fraction of sp³-hybridized carbons (Fsp3) is 0.526. The molecule has 0 radical (unpaired) electrons. The van der Waals surface area contributed by atoms with Crippen molar-refractivity contribution in [2.24, 2.45) is 0 Å². The van der Waals surface area contributed by atoms with Crippen molar-refractivity contribution in [2.75, 3.05) is 44.9 Å². The third-order valence-electron chi connectivity index (χ3n) is 4.60. The molecule has 7 heteroatoms. The minimum atomic E-state index is 0.286. The van der Waals surface area contributed by atoms with E-state index >= 15 is 0 Å². The van der Waals surface area contributed by atoms with Crippen LogP contribution >= 0.6 is 0 Å². The number of hydrogen-bond acceptors (Lipinski definition) is 7. The lowest BCUT2D eigenvalue weighted by Crippen LogP contribution is -2.37. The molecule has 1 fully saturated rings. The standard InChI is InChI=1S/C19H25N3O4/c1-24-10-11-26-17-4-7-22(8-5-17)18-13-20-12-15-2-3-16(21-19(15)18)6-9-25-14-23/h2-3,12-14,17H,4-11H2,1H3. The van der Waals surface area contributed by atoms with Gasteiger partial charge in [0.25, 0.3) is 6.47 Å². The van der Waals surface area contributed by atoms with E-state index in [-0.39, 0.29) is 6.10 Å². The first kappa shape index (κ1) is 18.5. The number of anilines is 1. The van der Waals surface area contributed by atoms with Gasteiger partial charge >= 0.3 is 0 Å². The van der Waals surface area contributed by atoms with Crippen LogP contribution in [0.5, 0.6) is 0 Å². The van der Waals surface area contributed by atoms with Gasteiger partial charge in [-0.2, -0.15) is 0 Å². The lowest BCUT2D eigenvalue weighted by atomic mass is 10.1. The monoisotopic (exact) mass is 359 g/mol. The maximum absolute atomic E-state index is 10.3. The van der Waals surface area contributed by atoms with Crippen molar-refractivity contribution in [3.63, 3.8) is 0 Å². The molecule has 0 aliphatic carbocycles. The molecule has 0 saturated carbocycles. The van der Waals surface area contributed by atoms with Crippen LogP contribution in [0.2, 0.25) is 0 Å². The maximum Gasteiger partial charge on any atom is 0.293 e. The SMILES string of the molecule is COCCOC1CCN(c2cncc3ccc(CCOC=O)nc23)CC1. The molecular weight excluding hydrogens is 334 g/mol. The highest BCUT2D eigenvalue weighted by molar-refractivity contribution is 5.89. The molecule has 3 rings (SSSR count). The number of carbonyl (C=O) groups excluding carboxylic acids is 1. The molecular formula is C19H25N3O4. The molecule has 0 unspecified atom stereocenters. The summed E-state index contributed by atoms with van der Waals surface area (Å²) in [5.74, 6) is 0. The maximum atomic E-state index is 10.3. The molecule has 2 aromatic heterocycles. The van der Waals surface area contributed by atoms with Gasteiger partial charge in [0.1, 0.15) is 0 Å². The molecule has 140 valence electrons. The highest BCUT2D eigenvalue weighted by atomic mass is 16.5. The zero-order chi connectivity index (χ0) is 18.2. The van der Waals surface area contributed by atoms with Crippen molar-refractivity contribution in [3.8, 4) is 0 Å². The number of aromatic nitrogens is 2. The van der Waals surface area contributed by atoms with E-state index < -0.39 is 0 Å². The Morgan fingerprint density at radius 2 is 2.04 bits per heavy atom. The van der Waals surface area contributed by atoms with E-state index in [4.69, 9.17) is 19.2 Å². The molecule has 0 atom stereocenters. The second-order valence-corrected chi connectivity index (χ2v) is 6.30. The summed E-state index contributed by atoms with van der Waals surface area (Å²) in [5.41, 5.74) is 2.91. The molecule has 7 nitrogen and oxygen atoms in total. The first-order valence-electron chi connectivity index (χ1n) is 8.96. The zero-order valence-corrected chi connectivity index (χ0v) is 15.1. The van der Waals surface area contributed by atoms with Gasteiger partial charge in [0.2, 0.25) is 0 Å². The number of carbonyl (C=O) groups is 1. The summed E-state index contributed by atoms with van der Waals surface area (Å²) in [6, 6.07) is 3.98. The van der Waals surface area contributed by atoms with Crippen LogP contribution in [0.4, 0.5) is 5.69 Å². The van der Waals surface area contributed by atoms with Crippen LogP contribution in [-0.4, -0.2) is 62.6 Å². The highest BCUT2D eigenvalue weighted by Gasteiger charge is 2.21. The number of fused-ring (bicyclic) bond motifs is 1.